The van der Waals surface area contributed by atoms with Crippen LogP contribution in [0.3, 0.4) is 0 Å². The molecule has 0 aliphatic carbocycles. The Morgan fingerprint density at radius 3 is 0.571 bits per heavy atom. The van der Waals surface area contributed by atoms with Crippen LogP contribution in [0.15, 0.2) is 24.3 Å². The lowest BCUT2D eigenvalue weighted by Crippen LogP contribution is -2.71. The van der Waals surface area contributed by atoms with Gasteiger partial charge in [0.1, 0.15) is 81.4 Å². The highest BCUT2D eigenvalue weighted by molar-refractivity contribution is 6.94. The number of hydrogen-bond donors (Lipinski definition) is 0. The van der Waals surface area contributed by atoms with Gasteiger partial charge in [0.05, 0.1) is 0 Å². The first kappa shape index (κ1) is 50.4. The molecule has 0 saturated carbocycles. The molecular weight excluding hydrogens is 1040 g/mol. The molecule has 6 aromatic carbocycles. The van der Waals surface area contributed by atoms with E-state index in [1.165, 1.54) is 0 Å². The first-order valence-corrected chi connectivity index (χ1v) is 17.6. The monoisotopic (exact) mass is 1040 g/mol. The molecule has 368 valence electrons. The zero-order chi connectivity index (χ0) is 52.3. The van der Waals surface area contributed by atoms with Crippen molar-refractivity contribution in [2.45, 2.75) is 0 Å². The maximum atomic E-state index is 16.2. The van der Waals surface area contributed by atoms with Gasteiger partial charge in [-0.2, -0.15) is 0 Å². The lowest BCUT2D eigenvalue weighted by molar-refractivity contribution is -0.188. The summed E-state index contributed by atoms with van der Waals surface area (Å²) >= 11 is 0. The molecule has 4 nitrogen and oxygen atoms in total. The van der Waals surface area contributed by atoms with Crippen LogP contribution in [0.1, 0.15) is 19.8 Å². The van der Waals surface area contributed by atoms with Gasteiger partial charge >= 0.3 is 25.0 Å². The highest BCUT2D eigenvalue weighted by atomic mass is 19.2. The highest BCUT2D eigenvalue weighted by Crippen LogP contribution is 2.35. The Balaban J connectivity index is 1.94. The van der Waals surface area contributed by atoms with Crippen LogP contribution in [0.25, 0.3) is 0 Å². The van der Waals surface area contributed by atoms with Gasteiger partial charge in [0.25, 0.3) is 0 Å². The Morgan fingerprint density at radius 1 is 0.243 bits per heavy atom. The molecule has 0 amide bonds. The van der Waals surface area contributed by atoms with Gasteiger partial charge in [-0.05, 0) is 0 Å². The van der Waals surface area contributed by atoms with Crippen molar-refractivity contribution >= 4 is 46.9 Å². The molecule has 0 N–H and O–H groups in total. The summed E-state index contributed by atoms with van der Waals surface area (Å²) in [5, 5.41) is 0. The first-order chi connectivity index (χ1) is 32.5. The molecule has 32 heteroatoms. The van der Waals surface area contributed by atoms with Crippen molar-refractivity contribution < 1.29 is 132 Å². The van der Waals surface area contributed by atoms with E-state index in [1.807, 2.05) is 0 Å². The number of hydrogen-bond acceptors (Lipinski definition) is 2. The fourth-order valence-corrected chi connectivity index (χ4v) is 7.00. The van der Waals surface area contributed by atoms with Crippen molar-refractivity contribution in [3.05, 3.63) is 187 Å². The Bertz CT molecular complexity index is 2860. The van der Waals surface area contributed by atoms with Gasteiger partial charge in [-0.3, -0.25) is 0 Å². The Kier molecular flexibility index (Phi) is 12.4. The van der Waals surface area contributed by atoms with E-state index in [0.717, 1.165) is 0 Å². The molecule has 0 spiro atoms. The van der Waals surface area contributed by atoms with E-state index >= 15 is 87.8 Å². The third-order valence-electron chi connectivity index (χ3n) is 10.0. The summed E-state index contributed by atoms with van der Waals surface area (Å²) in [4.78, 5) is 0. The molecule has 7 rings (SSSR count). The van der Waals surface area contributed by atoms with E-state index in [1.54, 1.807) is 0 Å². The first-order valence-electron chi connectivity index (χ1n) is 17.6. The van der Waals surface area contributed by atoms with Crippen molar-refractivity contribution in [3.63, 3.8) is 0 Å². The predicted molar refractivity (Wildman–Crippen MR) is 178 cm³/mol. The lowest BCUT2D eigenvalue weighted by atomic mass is 9.44. The van der Waals surface area contributed by atoms with Gasteiger partial charge in [0.2, 0.25) is 0 Å². The van der Waals surface area contributed by atoms with E-state index in [9.17, 15) is 26.3 Å². The topological polar surface area (TPSA) is 41.1 Å². The fourth-order valence-electron chi connectivity index (χ4n) is 7.00. The second-order valence-corrected chi connectivity index (χ2v) is 13.9. The number of halogens is 26. The van der Waals surface area contributed by atoms with Gasteiger partial charge in [0.15, 0.2) is 80.9 Å². The van der Waals surface area contributed by atoms with Crippen LogP contribution in [0.2, 0.25) is 0 Å². The molecule has 70 heavy (non-hydrogen) atoms. The second kappa shape index (κ2) is 17.2. The fraction of sp³-hybridized carbons (Fsp3) is 0. The van der Waals surface area contributed by atoms with Crippen molar-refractivity contribution in [2.75, 3.05) is 0 Å². The number of carbonyl (C=O) groups excluding carboxylic acids is 2. The maximum absolute atomic E-state index is 16.2. The lowest BCUT2D eigenvalue weighted by Gasteiger charge is -2.35. The molecule has 0 saturated heterocycles. The average molecular weight is 1040 g/mol. The maximum Gasteiger partial charge on any atom is 0.667 e. The molecule has 0 atom stereocenters. The van der Waals surface area contributed by atoms with Crippen molar-refractivity contribution in [1.29, 1.82) is 0 Å². The Labute approximate surface area is 365 Å². The summed E-state index contributed by atoms with van der Waals surface area (Å²) in [5.74, 6) is -95.0. The standard InChI is InChI=1S/C38H4B2F26O4/c41-5-1-7(43)11(8(44)2-5)37-67-39(13-17(47)25(55)33(63)26(56)18(13)48,14-19(49)27(57)34(64)28(58)20(14)50)69-38(12-9(45)3-6(42)4-10(12)46)70-40(68-37,15-21(51)29(59)35(65)30(60)22(15)52)16-23(53)31(61)36(66)32(62)24(16)54/h1-4H. The molecule has 6 aromatic rings. The summed E-state index contributed by atoms with van der Waals surface area (Å²) in [6.07, 6.45) is 0. The third-order valence-corrected chi connectivity index (χ3v) is 10.0. The van der Waals surface area contributed by atoms with E-state index in [-0.39, 0.29) is 0 Å². The summed E-state index contributed by atoms with van der Waals surface area (Å²) in [5.41, 5.74) is -19.8. The van der Waals surface area contributed by atoms with Gasteiger partial charge in [0, 0.05) is 46.1 Å². The summed E-state index contributed by atoms with van der Waals surface area (Å²) < 4.78 is 421. The normalized spacial score (nSPS) is 14.5. The van der Waals surface area contributed by atoms with Crippen LogP contribution in [-0.2, 0) is 9.31 Å². The summed E-state index contributed by atoms with van der Waals surface area (Å²) in [6, 6.07) is -2.90. The van der Waals surface area contributed by atoms with Crippen LogP contribution in [0, 0.1) is 151 Å². The van der Waals surface area contributed by atoms with Gasteiger partial charge in [-0.15, -0.1) is 0 Å². The zero-order valence-corrected chi connectivity index (χ0v) is 31.9. The predicted octanol–water partition coefficient (Wildman–Crippen LogP) is 8.92. The molecule has 0 fully saturated rings. The number of rotatable bonds is 6. The third kappa shape index (κ3) is 7.22. The van der Waals surface area contributed by atoms with E-state index in [0.29, 0.717) is 0 Å². The smallest absolute Gasteiger partial charge is 0.508 e. The quantitative estimate of drug-likeness (QED) is 0.0551. The van der Waals surface area contributed by atoms with Crippen molar-refractivity contribution in [3.8, 4) is 0 Å². The molecule has 1 aliphatic rings. The van der Waals surface area contributed by atoms with Crippen molar-refractivity contribution in [2.24, 2.45) is 0 Å². The van der Waals surface area contributed by atoms with Gasteiger partial charge in [-0.25, -0.2) is 114 Å². The Hall–Kier alpha value is -7.43. The van der Waals surface area contributed by atoms with Gasteiger partial charge < -0.3 is 18.0 Å². The zero-order valence-electron chi connectivity index (χ0n) is 31.9. The molecular formula is C38H4B2F26O4. The average Bonchev–Trinajstić information content (AvgIpc) is 3.27. The molecule has 0 radical (unpaired) electrons. The van der Waals surface area contributed by atoms with Crippen LogP contribution in [-0.4, -0.2) is 25.0 Å². The summed E-state index contributed by atoms with van der Waals surface area (Å²) in [6.45, 7) is -14.4. The van der Waals surface area contributed by atoms with E-state index in [2.05, 4.69) is 18.0 Å². The SMILES string of the molecule is Fc1cc(F)c(C2=[O+][B-](c3c(F)c(F)c(F)c(F)c3F)(c3c(F)c(F)c(F)c(F)c3F)OC(c3c(F)cc(F)cc3F)=[O+][B-](c3c(F)c(F)c(F)c(F)c3F)(c3c(F)c(F)c(F)c(F)c3F)O2)c(F)c1. The minimum absolute atomic E-state index is 0.726. The summed E-state index contributed by atoms with van der Waals surface area (Å²) in [7, 11) is 0. The molecule has 0 aromatic heterocycles. The minimum atomic E-state index is -7.22. The minimum Gasteiger partial charge on any atom is -0.508 e. The van der Waals surface area contributed by atoms with E-state index < -0.39 is 234 Å². The van der Waals surface area contributed by atoms with Gasteiger partial charge in [-0.1, -0.05) is 0 Å². The Morgan fingerprint density at radius 2 is 0.400 bits per heavy atom. The van der Waals surface area contributed by atoms with E-state index in [4.69, 9.17) is 0 Å². The molecule has 1 heterocycles. The van der Waals surface area contributed by atoms with Crippen molar-refractivity contribution in [1.82, 2.24) is 0 Å². The van der Waals surface area contributed by atoms with Crippen LogP contribution in [0.4, 0.5) is 114 Å². The number of benzene rings is 6. The largest absolute Gasteiger partial charge is 0.667 e. The van der Waals surface area contributed by atoms with Crippen LogP contribution < -0.4 is 21.9 Å². The molecule has 0 unspecified atom stereocenters. The van der Waals surface area contributed by atoms with Crippen LogP contribution in [0.5, 0.6) is 0 Å². The molecule has 0 bridgehead atoms. The second-order valence-electron chi connectivity index (χ2n) is 13.9. The highest BCUT2D eigenvalue weighted by Gasteiger charge is 2.68. The molecule has 1 aliphatic heterocycles. The van der Waals surface area contributed by atoms with Crippen LogP contribution >= 0.6 is 0 Å².